The molecule has 0 N–H and O–H groups in total. The van der Waals surface area contributed by atoms with Crippen molar-refractivity contribution >= 4 is 27.8 Å². The summed E-state index contributed by atoms with van der Waals surface area (Å²) >= 11 is 0. The fourth-order valence-electron chi connectivity index (χ4n) is 0.144. The van der Waals surface area contributed by atoms with Gasteiger partial charge in [-0.3, -0.25) is 4.18 Å². The summed E-state index contributed by atoms with van der Waals surface area (Å²) in [6, 6.07) is 0. The van der Waals surface area contributed by atoms with Gasteiger partial charge in [0.15, 0.2) is 0 Å². The largest absolute Gasteiger partial charge is 3.00 e. The van der Waals surface area contributed by atoms with Crippen LogP contribution < -0.4 is 0 Å². The quantitative estimate of drug-likeness (QED) is 0.292. The Labute approximate surface area is 58.9 Å². The molecule has 6 heteroatoms. The number of rotatable bonds is 2. The first-order valence-corrected chi connectivity index (χ1v) is 3.00. The van der Waals surface area contributed by atoms with Crippen LogP contribution >= 0.6 is 0 Å². The summed E-state index contributed by atoms with van der Waals surface area (Å²) in [4.78, 5) is 0. The Kier molecular flexibility index (Phi) is 6.03. The van der Waals surface area contributed by atoms with Crippen molar-refractivity contribution in [3.05, 3.63) is 0 Å². The van der Waals surface area contributed by atoms with E-state index in [1.165, 1.54) is 6.92 Å². The second-order valence-corrected chi connectivity index (χ2v) is 1.87. The topological polar surface area (TPSA) is 66.4 Å². The van der Waals surface area contributed by atoms with Crippen LogP contribution in [-0.2, 0) is 14.6 Å². The van der Waals surface area contributed by atoms with E-state index in [0.717, 1.165) is 0 Å². The second kappa shape index (κ2) is 4.30. The van der Waals surface area contributed by atoms with Gasteiger partial charge in [-0.2, -0.15) is 0 Å². The van der Waals surface area contributed by atoms with Crippen LogP contribution in [0.3, 0.4) is 0 Å². The molecule has 0 heterocycles. The third-order valence-electron chi connectivity index (χ3n) is 0.262. The maximum Gasteiger partial charge on any atom is 3.00 e. The molecule has 44 valence electrons. The third kappa shape index (κ3) is 9.64. The fraction of sp³-hybridized carbons (Fsp3) is 1.00. The molecule has 0 aromatic rings. The molecule has 0 saturated carbocycles. The minimum Gasteiger partial charge on any atom is -0.726 e. The van der Waals surface area contributed by atoms with Gasteiger partial charge in [0.1, 0.15) is 0 Å². The molecule has 0 rings (SSSR count). The SMILES string of the molecule is CCOS(=O)(=O)[O-].[Al+3]. The van der Waals surface area contributed by atoms with E-state index in [1.807, 2.05) is 0 Å². The summed E-state index contributed by atoms with van der Waals surface area (Å²) in [5.41, 5.74) is 0. The molecular formula is C2H5AlO4S+2. The summed E-state index contributed by atoms with van der Waals surface area (Å²) in [6.07, 6.45) is 0. The van der Waals surface area contributed by atoms with Crippen LogP contribution in [0.5, 0.6) is 0 Å². The molecule has 4 nitrogen and oxygen atoms in total. The van der Waals surface area contributed by atoms with E-state index in [-0.39, 0.29) is 24.0 Å². The van der Waals surface area contributed by atoms with Gasteiger partial charge in [0, 0.05) is 0 Å². The van der Waals surface area contributed by atoms with Crippen LogP contribution in [-0.4, -0.2) is 36.9 Å². The van der Waals surface area contributed by atoms with E-state index in [1.54, 1.807) is 0 Å². The van der Waals surface area contributed by atoms with Gasteiger partial charge in [-0.05, 0) is 6.92 Å². The monoisotopic (exact) mass is 152 g/mol. The molecule has 0 spiro atoms. The Balaban J connectivity index is 0. The third-order valence-corrected chi connectivity index (χ3v) is 0.787. The zero-order valence-corrected chi connectivity index (χ0v) is 6.30. The number of hydrogen-bond acceptors (Lipinski definition) is 4. The molecule has 0 fully saturated rings. The average molecular weight is 152 g/mol. The zero-order valence-electron chi connectivity index (χ0n) is 4.33. The Morgan fingerprint density at radius 2 is 2.00 bits per heavy atom. The van der Waals surface area contributed by atoms with Gasteiger partial charge >= 0.3 is 17.4 Å². The fourth-order valence-corrected chi connectivity index (χ4v) is 0.433. The van der Waals surface area contributed by atoms with Gasteiger partial charge in [0.25, 0.3) is 0 Å². The molecule has 0 aromatic carbocycles. The van der Waals surface area contributed by atoms with Crippen molar-refractivity contribution in [2.45, 2.75) is 6.92 Å². The van der Waals surface area contributed by atoms with Crippen molar-refractivity contribution < 1.29 is 17.2 Å². The summed E-state index contributed by atoms with van der Waals surface area (Å²) in [5, 5.41) is 0. The van der Waals surface area contributed by atoms with Crippen LogP contribution in [0.15, 0.2) is 0 Å². The second-order valence-electron chi connectivity index (χ2n) is 0.815. The van der Waals surface area contributed by atoms with Crippen LogP contribution in [0, 0.1) is 0 Å². The summed E-state index contributed by atoms with van der Waals surface area (Å²) in [7, 11) is -4.42. The molecule has 8 heavy (non-hydrogen) atoms. The van der Waals surface area contributed by atoms with Gasteiger partial charge in [0.05, 0.1) is 6.61 Å². The summed E-state index contributed by atoms with van der Waals surface area (Å²) in [6.45, 7) is 1.33. The van der Waals surface area contributed by atoms with Gasteiger partial charge in [-0.25, -0.2) is 8.42 Å². The standard InChI is InChI=1S/C2H6O4S.Al/c1-2-6-7(3,4)5;/h2H2,1H3,(H,3,4,5);/q;+3/p-1. The number of hydrogen-bond donors (Lipinski definition) is 0. The Hall–Kier alpha value is 0.402. The van der Waals surface area contributed by atoms with Crippen LogP contribution in [0.25, 0.3) is 0 Å². The first kappa shape index (κ1) is 11.2. The van der Waals surface area contributed by atoms with Crippen molar-refractivity contribution in [2.24, 2.45) is 0 Å². The molecule has 0 aliphatic rings. The summed E-state index contributed by atoms with van der Waals surface area (Å²) < 4.78 is 32.0. The van der Waals surface area contributed by atoms with E-state index >= 15 is 0 Å². The Morgan fingerprint density at radius 3 is 2.00 bits per heavy atom. The normalized spacial score (nSPS) is 10.2. The van der Waals surface area contributed by atoms with Gasteiger partial charge in [-0.15, -0.1) is 0 Å². The predicted octanol–water partition coefficient (Wildman–Crippen LogP) is -0.898. The molecule has 0 saturated heterocycles. The van der Waals surface area contributed by atoms with Crippen molar-refractivity contribution in [1.82, 2.24) is 0 Å². The molecule has 0 aromatic heterocycles. The van der Waals surface area contributed by atoms with E-state index in [2.05, 4.69) is 4.18 Å². The molecule has 0 bridgehead atoms. The molecule has 0 aliphatic heterocycles. The van der Waals surface area contributed by atoms with Crippen molar-refractivity contribution in [3.63, 3.8) is 0 Å². The van der Waals surface area contributed by atoms with E-state index < -0.39 is 10.4 Å². The molecule has 0 radical (unpaired) electrons. The minimum absolute atomic E-state index is 0. The van der Waals surface area contributed by atoms with E-state index in [0.29, 0.717) is 0 Å². The van der Waals surface area contributed by atoms with Crippen LogP contribution in [0.4, 0.5) is 0 Å². The minimum atomic E-state index is -4.42. The smallest absolute Gasteiger partial charge is 0.726 e. The zero-order chi connectivity index (χ0) is 5.91. The van der Waals surface area contributed by atoms with Crippen LogP contribution in [0.1, 0.15) is 6.92 Å². The Bertz CT molecular complexity index is 127. The molecule has 0 aliphatic carbocycles. The van der Waals surface area contributed by atoms with E-state index in [4.69, 9.17) is 0 Å². The molecule has 0 amide bonds. The van der Waals surface area contributed by atoms with Crippen molar-refractivity contribution in [2.75, 3.05) is 6.61 Å². The van der Waals surface area contributed by atoms with E-state index in [9.17, 15) is 13.0 Å². The molecule has 0 unspecified atom stereocenters. The Morgan fingerprint density at radius 1 is 1.62 bits per heavy atom. The van der Waals surface area contributed by atoms with Crippen LogP contribution in [0.2, 0.25) is 0 Å². The maximum absolute atomic E-state index is 9.45. The average Bonchev–Trinajstić information content (AvgIpc) is 1.30. The van der Waals surface area contributed by atoms with Gasteiger partial charge < -0.3 is 4.55 Å². The molecular weight excluding hydrogens is 147 g/mol. The van der Waals surface area contributed by atoms with Crippen molar-refractivity contribution in [3.8, 4) is 0 Å². The summed E-state index contributed by atoms with van der Waals surface area (Å²) in [5.74, 6) is 0. The van der Waals surface area contributed by atoms with Gasteiger partial charge in [-0.1, -0.05) is 0 Å². The van der Waals surface area contributed by atoms with Crippen molar-refractivity contribution in [1.29, 1.82) is 0 Å². The predicted molar refractivity (Wildman–Crippen MR) is 27.1 cm³/mol. The maximum atomic E-state index is 9.45. The first-order chi connectivity index (χ1) is 3.06. The molecule has 0 atom stereocenters. The first-order valence-electron chi connectivity index (χ1n) is 1.66. The van der Waals surface area contributed by atoms with Gasteiger partial charge in [0.2, 0.25) is 10.4 Å².